The van der Waals surface area contributed by atoms with Crippen molar-refractivity contribution in [2.24, 2.45) is 0 Å². The van der Waals surface area contributed by atoms with Gasteiger partial charge in [-0.15, -0.1) is 0 Å². The van der Waals surface area contributed by atoms with Crippen molar-refractivity contribution in [3.8, 4) is 0 Å². The Balaban J connectivity index is 3.35. The molecule has 0 saturated heterocycles. The Labute approximate surface area is 104 Å². The number of benzene rings is 1. The molecular formula is C12H19NS2. The highest BCUT2D eigenvalue weighted by Crippen LogP contribution is 2.36. The quantitative estimate of drug-likeness (QED) is 0.741. The van der Waals surface area contributed by atoms with Gasteiger partial charge in [-0.2, -0.15) is 0 Å². The summed E-state index contributed by atoms with van der Waals surface area (Å²) in [5.74, 6) is 0.973. The fraction of sp³-hybridized carbons (Fsp3) is 0.500. The molecule has 0 aliphatic carbocycles. The number of thiol groups is 2. The maximum absolute atomic E-state index is 4.31. The van der Waals surface area contributed by atoms with Crippen molar-refractivity contribution in [1.82, 2.24) is 0 Å². The number of rotatable bonds is 3. The highest BCUT2D eigenvalue weighted by Gasteiger charge is 2.15. The number of anilines is 1. The molecule has 1 aromatic rings. The van der Waals surface area contributed by atoms with Gasteiger partial charge in [0, 0.05) is 0 Å². The van der Waals surface area contributed by atoms with Gasteiger partial charge in [-0.25, -0.2) is 0 Å². The number of para-hydroxylation sites is 1. The lowest BCUT2D eigenvalue weighted by atomic mass is 9.93. The van der Waals surface area contributed by atoms with E-state index in [1.165, 1.54) is 11.1 Å². The summed E-state index contributed by atoms with van der Waals surface area (Å²) in [5.41, 5.74) is 3.73. The van der Waals surface area contributed by atoms with Crippen LogP contribution in [0.1, 0.15) is 50.7 Å². The van der Waals surface area contributed by atoms with Crippen LogP contribution < -0.4 is 3.71 Å². The molecule has 0 radical (unpaired) electrons. The highest BCUT2D eigenvalue weighted by molar-refractivity contribution is 8.00. The van der Waals surface area contributed by atoms with Crippen LogP contribution in [0.2, 0.25) is 0 Å². The summed E-state index contributed by atoms with van der Waals surface area (Å²) in [6.07, 6.45) is 0. The zero-order chi connectivity index (χ0) is 11.6. The van der Waals surface area contributed by atoms with E-state index in [9.17, 15) is 0 Å². The molecule has 0 unspecified atom stereocenters. The van der Waals surface area contributed by atoms with E-state index in [1.54, 1.807) is 3.71 Å². The topological polar surface area (TPSA) is 3.24 Å². The van der Waals surface area contributed by atoms with Crippen molar-refractivity contribution in [2.75, 3.05) is 3.71 Å². The summed E-state index contributed by atoms with van der Waals surface area (Å²) in [4.78, 5) is 0. The summed E-state index contributed by atoms with van der Waals surface area (Å²) >= 11 is 8.63. The first-order chi connectivity index (χ1) is 6.95. The van der Waals surface area contributed by atoms with Crippen LogP contribution in [0, 0.1) is 0 Å². The molecule has 0 N–H and O–H groups in total. The summed E-state index contributed by atoms with van der Waals surface area (Å²) in [6.45, 7) is 8.75. The predicted octanol–water partition coefficient (Wildman–Crippen LogP) is 4.43. The molecule has 0 aromatic heterocycles. The van der Waals surface area contributed by atoms with Crippen LogP contribution in [0.15, 0.2) is 18.2 Å². The summed E-state index contributed by atoms with van der Waals surface area (Å²) in [5, 5.41) is 0. The maximum Gasteiger partial charge on any atom is 0.0657 e. The number of hydrogen-bond acceptors (Lipinski definition) is 3. The van der Waals surface area contributed by atoms with E-state index in [2.05, 4.69) is 71.5 Å². The van der Waals surface area contributed by atoms with Crippen LogP contribution in [0.5, 0.6) is 0 Å². The highest BCUT2D eigenvalue weighted by atomic mass is 32.2. The zero-order valence-corrected chi connectivity index (χ0v) is 11.5. The van der Waals surface area contributed by atoms with E-state index in [4.69, 9.17) is 0 Å². The second kappa shape index (κ2) is 5.17. The Morgan fingerprint density at radius 3 is 1.60 bits per heavy atom. The molecule has 0 saturated carbocycles. The molecule has 3 heteroatoms. The van der Waals surface area contributed by atoms with Crippen LogP contribution in [0.25, 0.3) is 0 Å². The lowest BCUT2D eigenvalue weighted by Crippen LogP contribution is -2.05. The second-order valence-corrected chi connectivity index (χ2v) is 5.50. The first-order valence-electron chi connectivity index (χ1n) is 5.25. The Kier molecular flexibility index (Phi) is 4.41. The standard InChI is InChI=1S/C12H19NS2/c1-8(2)10-6-5-7-11(9(3)4)12(10)13(14)15/h5-9,14-15H,1-4H3. The predicted molar refractivity (Wildman–Crippen MR) is 75.1 cm³/mol. The van der Waals surface area contributed by atoms with Gasteiger partial charge in [0.2, 0.25) is 0 Å². The molecule has 15 heavy (non-hydrogen) atoms. The molecule has 1 nitrogen and oxygen atoms in total. The number of hydrogen-bond donors (Lipinski definition) is 2. The third-order valence-corrected chi connectivity index (χ3v) is 2.94. The van der Waals surface area contributed by atoms with Gasteiger partial charge in [0.25, 0.3) is 0 Å². The third kappa shape index (κ3) is 2.85. The van der Waals surface area contributed by atoms with E-state index in [0.717, 1.165) is 5.69 Å². The minimum Gasteiger partial charge on any atom is -0.264 e. The summed E-state index contributed by atoms with van der Waals surface area (Å²) in [6, 6.07) is 6.40. The minimum atomic E-state index is 0.487. The Morgan fingerprint density at radius 1 is 0.933 bits per heavy atom. The molecular weight excluding hydrogens is 222 g/mol. The van der Waals surface area contributed by atoms with Crippen LogP contribution >= 0.6 is 25.6 Å². The van der Waals surface area contributed by atoms with Crippen LogP contribution in [0.4, 0.5) is 5.69 Å². The van der Waals surface area contributed by atoms with Crippen molar-refractivity contribution >= 4 is 31.3 Å². The van der Waals surface area contributed by atoms with Crippen LogP contribution in [-0.4, -0.2) is 0 Å². The van der Waals surface area contributed by atoms with Gasteiger partial charge in [0.15, 0.2) is 0 Å². The molecule has 1 aromatic carbocycles. The summed E-state index contributed by atoms with van der Waals surface area (Å²) in [7, 11) is 0. The van der Waals surface area contributed by atoms with E-state index in [0.29, 0.717) is 11.8 Å². The zero-order valence-electron chi connectivity index (χ0n) is 9.73. The van der Waals surface area contributed by atoms with Gasteiger partial charge >= 0.3 is 0 Å². The molecule has 0 bridgehead atoms. The molecule has 0 amide bonds. The lowest BCUT2D eigenvalue weighted by Gasteiger charge is -2.23. The van der Waals surface area contributed by atoms with Crippen molar-refractivity contribution in [3.05, 3.63) is 29.3 Å². The van der Waals surface area contributed by atoms with Gasteiger partial charge in [0.1, 0.15) is 0 Å². The third-order valence-electron chi connectivity index (χ3n) is 2.54. The van der Waals surface area contributed by atoms with E-state index in [1.807, 2.05) is 0 Å². The average molecular weight is 241 g/mol. The molecule has 0 atom stereocenters. The van der Waals surface area contributed by atoms with Gasteiger partial charge in [-0.05, 0) is 23.0 Å². The molecule has 0 aliphatic rings. The van der Waals surface area contributed by atoms with E-state index >= 15 is 0 Å². The minimum absolute atomic E-state index is 0.487. The first kappa shape index (κ1) is 12.8. The molecule has 84 valence electrons. The molecule has 0 aliphatic heterocycles. The SMILES string of the molecule is CC(C)c1cccc(C(C)C)c1N(S)S. The first-order valence-corrected chi connectivity index (χ1v) is 6.05. The largest absolute Gasteiger partial charge is 0.264 e. The van der Waals surface area contributed by atoms with Gasteiger partial charge < -0.3 is 0 Å². The van der Waals surface area contributed by atoms with Gasteiger partial charge in [-0.3, -0.25) is 3.71 Å². The average Bonchev–Trinajstić information content (AvgIpc) is 2.16. The monoisotopic (exact) mass is 241 g/mol. The smallest absolute Gasteiger partial charge is 0.0657 e. The van der Waals surface area contributed by atoms with Crippen LogP contribution in [-0.2, 0) is 0 Å². The van der Waals surface area contributed by atoms with Gasteiger partial charge in [-0.1, -0.05) is 71.5 Å². The maximum atomic E-state index is 4.31. The van der Waals surface area contributed by atoms with Crippen molar-refractivity contribution in [3.63, 3.8) is 0 Å². The Morgan fingerprint density at radius 2 is 1.33 bits per heavy atom. The van der Waals surface area contributed by atoms with E-state index < -0.39 is 0 Å². The molecule has 1 rings (SSSR count). The second-order valence-electron chi connectivity index (χ2n) is 4.38. The Bertz CT molecular complexity index is 306. The lowest BCUT2D eigenvalue weighted by molar-refractivity contribution is 0.837. The summed E-state index contributed by atoms with van der Waals surface area (Å²) < 4.78 is 1.63. The van der Waals surface area contributed by atoms with Crippen molar-refractivity contribution < 1.29 is 0 Å². The normalized spacial score (nSPS) is 11.2. The van der Waals surface area contributed by atoms with Gasteiger partial charge in [0.05, 0.1) is 5.69 Å². The van der Waals surface area contributed by atoms with Crippen molar-refractivity contribution in [2.45, 2.75) is 39.5 Å². The fourth-order valence-corrected chi connectivity index (χ4v) is 2.20. The number of nitrogens with zero attached hydrogens (tertiary/aromatic N) is 1. The van der Waals surface area contributed by atoms with E-state index in [-0.39, 0.29) is 0 Å². The molecule has 0 heterocycles. The molecule has 0 spiro atoms. The molecule has 0 fully saturated rings. The Hall–Kier alpha value is -0.280. The van der Waals surface area contributed by atoms with Crippen LogP contribution in [0.3, 0.4) is 0 Å². The van der Waals surface area contributed by atoms with Crippen molar-refractivity contribution in [1.29, 1.82) is 0 Å². The fourth-order valence-electron chi connectivity index (χ4n) is 1.74.